The van der Waals surface area contributed by atoms with Crippen LogP contribution in [0.25, 0.3) is 22.4 Å². The Bertz CT molecular complexity index is 1300. The third-order valence-corrected chi connectivity index (χ3v) is 6.70. The summed E-state index contributed by atoms with van der Waals surface area (Å²) in [7, 11) is -3.29. The summed E-state index contributed by atoms with van der Waals surface area (Å²) in [4.78, 5) is 17.8. The maximum atomic E-state index is 15.1. The number of hydrogen-bond acceptors (Lipinski definition) is 5. The fraction of sp³-hybridized carbons (Fsp3) is 0.364. The van der Waals surface area contributed by atoms with Crippen LogP contribution in [-0.4, -0.2) is 56.6 Å². The average Bonchev–Trinajstić information content (AvgIpc) is 3.04. The topological polar surface area (TPSA) is 88.3 Å². The van der Waals surface area contributed by atoms with Crippen molar-refractivity contribution in [3.05, 3.63) is 47.5 Å². The van der Waals surface area contributed by atoms with Crippen LogP contribution in [0.1, 0.15) is 12.5 Å². The second-order valence-electron chi connectivity index (χ2n) is 8.10. The van der Waals surface area contributed by atoms with Crippen LogP contribution in [-0.2, 0) is 25.8 Å². The van der Waals surface area contributed by atoms with Gasteiger partial charge in [-0.2, -0.15) is 0 Å². The first-order valence-corrected chi connectivity index (χ1v) is 12.1. The number of hydrogen-bond donors (Lipinski definition) is 1. The summed E-state index contributed by atoms with van der Waals surface area (Å²) in [5.74, 6) is -1.87. The third-order valence-electron chi connectivity index (χ3n) is 5.56. The molecular formula is C22H24F2N4O3S. The highest BCUT2D eigenvalue weighted by Crippen LogP contribution is 2.32. The SMILES string of the molecule is CC(=O)N1CCO[C@@H](Cn2c(-c3c(F)cc(S(C)(=N)=O)cc3F)nc3cc(C)ccc32)C1. The lowest BCUT2D eigenvalue weighted by Crippen LogP contribution is -2.46. The van der Waals surface area contributed by atoms with Crippen LogP contribution in [0.15, 0.2) is 35.2 Å². The second kappa shape index (κ2) is 8.25. The zero-order chi connectivity index (χ0) is 23.2. The van der Waals surface area contributed by atoms with Gasteiger partial charge < -0.3 is 14.2 Å². The first kappa shape index (κ1) is 22.3. The minimum absolute atomic E-state index is 0.0594. The molecule has 1 aliphatic rings. The third kappa shape index (κ3) is 4.24. The minimum atomic E-state index is -3.29. The second-order valence-corrected chi connectivity index (χ2v) is 10.3. The molecule has 10 heteroatoms. The first-order chi connectivity index (χ1) is 15.0. The van der Waals surface area contributed by atoms with Crippen molar-refractivity contribution in [1.82, 2.24) is 14.5 Å². The number of amides is 1. The number of nitrogens with zero attached hydrogens (tertiary/aromatic N) is 3. The van der Waals surface area contributed by atoms with Crippen LogP contribution in [0.5, 0.6) is 0 Å². The van der Waals surface area contributed by atoms with E-state index in [1.807, 2.05) is 25.1 Å². The van der Waals surface area contributed by atoms with Crippen molar-refractivity contribution in [3.63, 3.8) is 0 Å². The molecule has 0 saturated carbocycles. The number of halogens is 2. The van der Waals surface area contributed by atoms with Crippen molar-refractivity contribution in [1.29, 1.82) is 4.78 Å². The maximum Gasteiger partial charge on any atom is 0.219 e. The predicted molar refractivity (Wildman–Crippen MR) is 117 cm³/mol. The Morgan fingerprint density at radius 3 is 2.59 bits per heavy atom. The van der Waals surface area contributed by atoms with Crippen LogP contribution in [0.2, 0.25) is 0 Å². The number of fused-ring (bicyclic) bond motifs is 1. The van der Waals surface area contributed by atoms with Crippen LogP contribution in [0.4, 0.5) is 8.78 Å². The van der Waals surface area contributed by atoms with Gasteiger partial charge in [0.15, 0.2) is 0 Å². The quantitative estimate of drug-likeness (QED) is 0.642. The molecule has 32 heavy (non-hydrogen) atoms. The highest BCUT2D eigenvalue weighted by atomic mass is 32.2. The Kier molecular flexibility index (Phi) is 5.76. The predicted octanol–water partition coefficient (Wildman–Crippen LogP) is 3.57. The molecule has 0 radical (unpaired) electrons. The van der Waals surface area contributed by atoms with Crippen molar-refractivity contribution < 1.29 is 22.5 Å². The normalized spacial score (nSPS) is 18.7. The van der Waals surface area contributed by atoms with Gasteiger partial charge >= 0.3 is 0 Å². The lowest BCUT2D eigenvalue weighted by atomic mass is 10.1. The Morgan fingerprint density at radius 1 is 1.28 bits per heavy atom. The van der Waals surface area contributed by atoms with Gasteiger partial charge in [0, 0.05) is 26.3 Å². The number of aryl methyl sites for hydroxylation is 1. The molecule has 4 rings (SSSR count). The molecule has 1 aliphatic heterocycles. The van der Waals surface area contributed by atoms with E-state index in [0.717, 1.165) is 24.0 Å². The van der Waals surface area contributed by atoms with E-state index >= 15 is 8.78 Å². The number of carbonyl (C=O) groups is 1. The molecule has 1 aromatic heterocycles. The molecule has 1 amide bonds. The molecule has 1 N–H and O–H groups in total. The zero-order valence-electron chi connectivity index (χ0n) is 18.0. The Hall–Kier alpha value is -2.85. The van der Waals surface area contributed by atoms with Crippen LogP contribution in [0, 0.1) is 23.3 Å². The molecule has 170 valence electrons. The van der Waals surface area contributed by atoms with Crippen LogP contribution < -0.4 is 0 Å². The summed E-state index contributed by atoms with van der Waals surface area (Å²) >= 11 is 0. The van der Waals surface area contributed by atoms with E-state index < -0.39 is 21.4 Å². The van der Waals surface area contributed by atoms with E-state index in [1.165, 1.54) is 6.92 Å². The van der Waals surface area contributed by atoms with E-state index in [4.69, 9.17) is 9.52 Å². The lowest BCUT2D eigenvalue weighted by molar-refractivity contribution is -0.136. The standard InChI is InChI=1S/C22H24F2N4O3S/c1-13-4-5-20-19(8-13)26-22(21-17(23)9-16(10-18(21)24)32(3,25)30)28(20)12-15-11-27(14(2)29)6-7-31-15/h4-5,8-10,15,25H,6-7,11-12H2,1-3H3/t15-,32?/m1/s1. The number of morpholine rings is 1. The maximum absolute atomic E-state index is 15.1. The zero-order valence-corrected chi connectivity index (χ0v) is 18.8. The van der Waals surface area contributed by atoms with Gasteiger partial charge in [-0.15, -0.1) is 0 Å². The summed E-state index contributed by atoms with van der Waals surface area (Å²) in [5.41, 5.74) is 1.84. The van der Waals surface area contributed by atoms with Crippen molar-refractivity contribution in [2.75, 3.05) is 26.0 Å². The van der Waals surface area contributed by atoms with Gasteiger partial charge in [0.25, 0.3) is 0 Å². The van der Waals surface area contributed by atoms with Gasteiger partial charge in [0.2, 0.25) is 5.91 Å². The molecule has 3 aromatic rings. The summed E-state index contributed by atoms with van der Waals surface area (Å²) in [6.45, 7) is 4.86. The van der Waals surface area contributed by atoms with E-state index in [9.17, 15) is 9.00 Å². The Morgan fingerprint density at radius 2 is 1.97 bits per heavy atom. The Labute approximate surface area is 185 Å². The van der Waals surface area contributed by atoms with E-state index in [2.05, 4.69) is 4.98 Å². The molecule has 1 fully saturated rings. The largest absolute Gasteiger partial charge is 0.373 e. The van der Waals surface area contributed by atoms with Crippen LogP contribution in [0.3, 0.4) is 0 Å². The van der Waals surface area contributed by atoms with Gasteiger partial charge in [-0.05, 0) is 36.8 Å². The summed E-state index contributed by atoms with van der Waals surface area (Å²) in [6.07, 6.45) is 0.734. The Balaban J connectivity index is 1.85. The molecule has 7 nitrogen and oxygen atoms in total. The summed E-state index contributed by atoms with van der Waals surface area (Å²) < 4.78 is 57.3. The smallest absolute Gasteiger partial charge is 0.219 e. The van der Waals surface area contributed by atoms with Gasteiger partial charge in [-0.1, -0.05) is 6.07 Å². The van der Waals surface area contributed by atoms with Gasteiger partial charge in [0.1, 0.15) is 17.5 Å². The number of nitrogens with one attached hydrogen (secondary N) is 1. The van der Waals surface area contributed by atoms with Crippen molar-refractivity contribution in [2.45, 2.75) is 31.4 Å². The molecule has 2 heterocycles. The molecule has 1 saturated heterocycles. The molecule has 2 atom stereocenters. The number of aromatic nitrogens is 2. The minimum Gasteiger partial charge on any atom is -0.373 e. The molecular weight excluding hydrogens is 438 g/mol. The fourth-order valence-electron chi connectivity index (χ4n) is 3.92. The molecule has 1 unspecified atom stereocenters. The number of carbonyl (C=O) groups excluding carboxylic acids is 1. The van der Waals surface area contributed by atoms with Crippen LogP contribution >= 0.6 is 0 Å². The van der Waals surface area contributed by atoms with Crippen molar-refractivity contribution in [3.8, 4) is 11.4 Å². The van der Waals surface area contributed by atoms with E-state index in [-0.39, 0.29) is 34.8 Å². The summed E-state index contributed by atoms with van der Waals surface area (Å²) in [6, 6.07) is 7.40. The van der Waals surface area contributed by atoms with Gasteiger partial charge in [0.05, 0.1) is 50.5 Å². The first-order valence-electron chi connectivity index (χ1n) is 10.1. The van der Waals surface area contributed by atoms with Crippen molar-refractivity contribution >= 4 is 26.7 Å². The molecule has 0 spiro atoms. The number of imidazole rings is 1. The van der Waals surface area contributed by atoms with Gasteiger partial charge in [-0.3, -0.25) is 4.79 Å². The summed E-state index contributed by atoms with van der Waals surface area (Å²) in [5, 5.41) is 0. The number of benzene rings is 2. The van der Waals surface area contributed by atoms with Crippen molar-refractivity contribution in [2.24, 2.45) is 0 Å². The fourth-order valence-corrected chi connectivity index (χ4v) is 4.58. The molecule has 2 aromatic carbocycles. The highest BCUT2D eigenvalue weighted by molar-refractivity contribution is 7.91. The van der Waals surface area contributed by atoms with E-state index in [1.54, 1.807) is 9.47 Å². The number of ether oxygens (including phenoxy) is 1. The lowest BCUT2D eigenvalue weighted by Gasteiger charge is -2.32. The number of rotatable bonds is 4. The monoisotopic (exact) mass is 462 g/mol. The van der Waals surface area contributed by atoms with E-state index in [0.29, 0.717) is 30.7 Å². The average molecular weight is 463 g/mol. The molecule has 0 aliphatic carbocycles. The van der Waals surface area contributed by atoms with Gasteiger partial charge in [-0.25, -0.2) is 22.8 Å². The molecule has 0 bridgehead atoms. The highest BCUT2D eigenvalue weighted by Gasteiger charge is 2.27.